The maximum absolute atomic E-state index is 13.3. The van der Waals surface area contributed by atoms with E-state index >= 15 is 0 Å². The van der Waals surface area contributed by atoms with Gasteiger partial charge in [0.15, 0.2) is 0 Å². The van der Waals surface area contributed by atoms with E-state index in [4.69, 9.17) is 21.5 Å². The van der Waals surface area contributed by atoms with E-state index in [1.807, 2.05) is 66.1 Å². The minimum atomic E-state index is -0.284. The number of quaternary nitrogens is 1. The summed E-state index contributed by atoms with van der Waals surface area (Å²) in [5.41, 5.74) is 3.36. The lowest BCUT2D eigenvalue weighted by Gasteiger charge is -2.16. The van der Waals surface area contributed by atoms with Crippen LogP contribution in [0.25, 0.3) is 23.0 Å². The Hall–Kier alpha value is -3.85. The first-order valence-corrected chi connectivity index (χ1v) is 12.8. The zero-order valence-corrected chi connectivity index (χ0v) is 21.1. The number of aromatic nitrogens is 3. The Morgan fingerprint density at radius 1 is 1.11 bits per heavy atom. The van der Waals surface area contributed by atoms with Gasteiger partial charge in [0.1, 0.15) is 23.4 Å². The van der Waals surface area contributed by atoms with E-state index in [-0.39, 0.29) is 11.1 Å². The number of thioether (sulfide) groups is 1. The summed E-state index contributed by atoms with van der Waals surface area (Å²) in [5, 5.41) is 15.8. The molecule has 5 rings (SSSR count). The molecule has 6 nitrogen and oxygen atoms in total. The Kier molecular flexibility index (Phi) is 7.70. The average Bonchev–Trinajstić information content (AvgIpc) is 3.44. The van der Waals surface area contributed by atoms with E-state index in [0.29, 0.717) is 23.1 Å². The minimum Gasteiger partial charge on any atom is -0.332 e. The van der Waals surface area contributed by atoms with Gasteiger partial charge in [-0.05, 0) is 36.8 Å². The molecule has 184 valence electrons. The topological polar surface area (TPSA) is 92.3 Å². The summed E-state index contributed by atoms with van der Waals surface area (Å²) in [4.78, 5) is 9.47. The first kappa shape index (κ1) is 24.8. The van der Waals surface area contributed by atoms with E-state index in [9.17, 15) is 4.39 Å². The molecule has 0 amide bonds. The fraction of sp³-hybridized carbons (Fsp3) is 0.0714. The number of pyridine rings is 1. The first-order valence-electron chi connectivity index (χ1n) is 11.5. The lowest BCUT2D eigenvalue weighted by molar-refractivity contribution is -0.496. The third kappa shape index (κ3) is 6.29. The van der Waals surface area contributed by atoms with Gasteiger partial charge in [-0.25, -0.2) is 4.39 Å². The second-order valence-electron chi connectivity index (χ2n) is 8.18. The summed E-state index contributed by atoms with van der Waals surface area (Å²) in [6.45, 7) is 0. The summed E-state index contributed by atoms with van der Waals surface area (Å²) in [5.74, 6) is 0.512. The summed E-state index contributed by atoms with van der Waals surface area (Å²) in [6.07, 6.45) is 10.3. The third-order valence-electron chi connectivity index (χ3n) is 5.58. The van der Waals surface area contributed by atoms with Gasteiger partial charge in [0.05, 0.1) is 10.6 Å². The minimum absolute atomic E-state index is 0.152. The van der Waals surface area contributed by atoms with E-state index in [1.54, 1.807) is 36.2 Å². The van der Waals surface area contributed by atoms with Crippen molar-refractivity contribution >= 4 is 34.8 Å². The maximum Gasteiger partial charge on any atom is 0.276 e. The van der Waals surface area contributed by atoms with Crippen LogP contribution in [-0.2, 0) is 0 Å². The molecule has 37 heavy (non-hydrogen) atoms. The molecule has 0 saturated carbocycles. The number of rotatable bonds is 8. The van der Waals surface area contributed by atoms with Crippen molar-refractivity contribution in [2.45, 2.75) is 11.7 Å². The van der Waals surface area contributed by atoms with Crippen LogP contribution in [0.5, 0.6) is 0 Å². The largest absolute Gasteiger partial charge is 0.332 e. The number of allylic oxidation sites excluding steroid dienone is 4. The van der Waals surface area contributed by atoms with Crippen LogP contribution in [0.4, 0.5) is 10.1 Å². The molecule has 1 unspecified atom stereocenters. The normalized spacial score (nSPS) is 15.5. The van der Waals surface area contributed by atoms with Crippen molar-refractivity contribution in [2.24, 2.45) is 0 Å². The van der Waals surface area contributed by atoms with Crippen molar-refractivity contribution in [2.75, 3.05) is 0 Å². The van der Waals surface area contributed by atoms with Crippen LogP contribution in [0.15, 0.2) is 112 Å². The lowest BCUT2D eigenvalue weighted by Crippen LogP contribution is -2.71. The van der Waals surface area contributed by atoms with Gasteiger partial charge in [-0.15, -0.1) is 11.8 Å². The Balaban J connectivity index is 1.35. The van der Waals surface area contributed by atoms with Crippen molar-refractivity contribution in [3.05, 3.63) is 119 Å². The Morgan fingerprint density at radius 2 is 1.92 bits per heavy atom. The number of hydrogen-bond donors (Lipinski definition) is 2. The summed E-state index contributed by atoms with van der Waals surface area (Å²) < 4.78 is 18.7. The molecule has 0 radical (unpaired) electrons. The highest BCUT2D eigenvalue weighted by Crippen LogP contribution is 2.31. The van der Waals surface area contributed by atoms with Crippen LogP contribution in [0.3, 0.4) is 0 Å². The number of nitrogens with one attached hydrogen (secondary N) is 1. The SMILES string of the molecule is N=C(C(=C[NH2+]c1ccc(F)cc1)SC1C=CC(Cl)=CC1)c1ccc(-c2noc(-c3ccccn3)n2)cc1. The second kappa shape index (κ2) is 11.5. The Morgan fingerprint density at radius 3 is 2.62 bits per heavy atom. The molecule has 4 aromatic rings. The Labute approximate surface area is 222 Å². The zero-order valence-electron chi connectivity index (χ0n) is 19.5. The van der Waals surface area contributed by atoms with E-state index in [0.717, 1.165) is 33.2 Å². The molecular weight excluding hydrogens is 509 g/mol. The van der Waals surface area contributed by atoms with Crippen LogP contribution in [0, 0.1) is 11.2 Å². The number of benzene rings is 2. The molecular formula is C28H22ClFN5OS+. The monoisotopic (exact) mass is 530 g/mol. The molecule has 0 spiro atoms. The van der Waals surface area contributed by atoms with Crippen molar-refractivity contribution < 1.29 is 14.2 Å². The molecule has 2 aromatic carbocycles. The van der Waals surface area contributed by atoms with Crippen molar-refractivity contribution in [1.82, 2.24) is 15.1 Å². The van der Waals surface area contributed by atoms with Crippen LogP contribution in [0.2, 0.25) is 0 Å². The van der Waals surface area contributed by atoms with Gasteiger partial charge in [-0.2, -0.15) is 4.98 Å². The predicted octanol–water partition coefficient (Wildman–Crippen LogP) is 6.23. The van der Waals surface area contributed by atoms with Gasteiger partial charge >= 0.3 is 0 Å². The number of nitrogens with two attached hydrogens (primary N) is 1. The van der Waals surface area contributed by atoms with Crippen LogP contribution < -0.4 is 5.32 Å². The van der Waals surface area contributed by atoms with Gasteiger partial charge in [0, 0.05) is 39.7 Å². The standard InChI is InChI=1S/C28H21ClFN5OS/c29-20-8-14-23(15-9-20)37-25(17-33-22-12-10-21(30)11-13-22)26(31)18-4-6-19(7-5-18)27-34-28(36-35-27)24-3-1-2-16-32-24/h1-14,16-17,23,31,33H,15H2/p+1. The summed E-state index contributed by atoms with van der Waals surface area (Å²) in [6, 6.07) is 19.2. The van der Waals surface area contributed by atoms with Gasteiger partial charge in [0.2, 0.25) is 5.82 Å². The molecule has 1 atom stereocenters. The fourth-order valence-corrected chi connectivity index (χ4v) is 4.83. The molecule has 0 saturated heterocycles. The zero-order chi connectivity index (χ0) is 25.6. The molecule has 0 fully saturated rings. The first-order chi connectivity index (χ1) is 18.0. The average molecular weight is 531 g/mol. The highest BCUT2D eigenvalue weighted by atomic mass is 35.5. The third-order valence-corrected chi connectivity index (χ3v) is 7.11. The maximum atomic E-state index is 13.3. The fourth-order valence-electron chi connectivity index (χ4n) is 3.61. The van der Waals surface area contributed by atoms with Crippen LogP contribution in [0.1, 0.15) is 12.0 Å². The number of nitrogens with zero attached hydrogens (tertiary/aromatic N) is 3. The molecule has 0 aliphatic heterocycles. The van der Waals surface area contributed by atoms with Gasteiger partial charge in [0.25, 0.3) is 5.89 Å². The molecule has 3 N–H and O–H groups in total. The molecule has 9 heteroatoms. The quantitative estimate of drug-likeness (QED) is 0.208. The van der Waals surface area contributed by atoms with Gasteiger partial charge in [-0.3, -0.25) is 15.7 Å². The lowest BCUT2D eigenvalue weighted by atomic mass is 10.1. The predicted molar refractivity (Wildman–Crippen MR) is 145 cm³/mol. The number of hydrogen-bond acceptors (Lipinski definition) is 6. The molecule has 0 bridgehead atoms. The molecule has 2 aromatic heterocycles. The number of halogens is 2. The van der Waals surface area contributed by atoms with Crippen molar-refractivity contribution in [1.29, 1.82) is 5.41 Å². The van der Waals surface area contributed by atoms with E-state index in [1.165, 1.54) is 12.1 Å². The van der Waals surface area contributed by atoms with Gasteiger partial charge < -0.3 is 4.52 Å². The van der Waals surface area contributed by atoms with Crippen molar-refractivity contribution in [3.8, 4) is 23.0 Å². The molecule has 1 aliphatic carbocycles. The second-order valence-corrected chi connectivity index (χ2v) is 9.90. The van der Waals surface area contributed by atoms with Crippen LogP contribution >= 0.6 is 23.4 Å². The summed E-state index contributed by atoms with van der Waals surface area (Å²) >= 11 is 7.67. The van der Waals surface area contributed by atoms with Crippen molar-refractivity contribution in [3.63, 3.8) is 0 Å². The highest BCUT2D eigenvalue weighted by molar-refractivity contribution is 8.04. The smallest absolute Gasteiger partial charge is 0.276 e. The summed E-state index contributed by atoms with van der Waals surface area (Å²) in [7, 11) is 0. The van der Waals surface area contributed by atoms with E-state index in [2.05, 4.69) is 15.1 Å². The van der Waals surface area contributed by atoms with Crippen LogP contribution in [-0.4, -0.2) is 26.1 Å². The highest BCUT2D eigenvalue weighted by Gasteiger charge is 2.18. The van der Waals surface area contributed by atoms with E-state index < -0.39 is 0 Å². The Bertz CT molecular complexity index is 1480. The molecule has 1 aliphatic rings. The molecule has 2 heterocycles. The van der Waals surface area contributed by atoms with Gasteiger partial charge in [-0.1, -0.05) is 59.2 Å².